The highest BCUT2D eigenvalue weighted by Crippen LogP contribution is 2.15. The third-order valence-corrected chi connectivity index (χ3v) is 6.08. The Kier molecular flexibility index (Phi) is 6.99. The van der Waals surface area contributed by atoms with E-state index in [1.807, 2.05) is 0 Å². The number of carbonyl (C=O) groups excluding carboxylic acids is 1. The van der Waals surface area contributed by atoms with Crippen molar-refractivity contribution >= 4 is 33.0 Å². The third-order valence-electron chi connectivity index (χ3n) is 3.68. The lowest BCUT2D eigenvalue weighted by Crippen LogP contribution is -2.34. The molecule has 0 spiro atoms. The van der Waals surface area contributed by atoms with Gasteiger partial charge < -0.3 is 10.1 Å². The van der Waals surface area contributed by atoms with E-state index in [-0.39, 0.29) is 24.6 Å². The molecule has 140 valence electrons. The second-order valence-electron chi connectivity index (χ2n) is 5.66. The molecule has 0 saturated heterocycles. The van der Waals surface area contributed by atoms with Gasteiger partial charge in [0.15, 0.2) is 9.84 Å². The molecular formula is C18H19ClFNO4S. The molecule has 1 amide bonds. The molecule has 0 aromatic heterocycles. The monoisotopic (exact) mass is 399 g/mol. The number of sulfone groups is 1. The van der Waals surface area contributed by atoms with Gasteiger partial charge in [-0.15, -0.1) is 0 Å². The Balaban J connectivity index is 1.82. The normalized spacial score (nSPS) is 12.4. The van der Waals surface area contributed by atoms with E-state index < -0.39 is 21.0 Å². The molecule has 2 aromatic rings. The van der Waals surface area contributed by atoms with Crippen LogP contribution in [0.4, 0.5) is 10.1 Å². The Morgan fingerprint density at radius 3 is 2.38 bits per heavy atom. The van der Waals surface area contributed by atoms with Crippen LogP contribution in [0.2, 0.25) is 5.02 Å². The molecule has 1 N–H and O–H groups in total. The number of benzene rings is 2. The summed E-state index contributed by atoms with van der Waals surface area (Å²) in [5.74, 6) is -0.715. The average molecular weight is 400 g/mol. The fraction of sp³-hybridized carbons (Fsp3) is 0.278. The first-order valence-electron chi connectivity index (χ1n) is 7.94. The second-order valence-corrected chi connectivity index (χ2v) is 8.54. The molecule has 0 heterocycles. The van der Waals surface area contributed by atoms with Gasteiger partial charge in [0.1, 0.15) is 16.8 Å². The molecule has 2 aromatic carbocycles. The number of anilines is 1. The van der Waals surface area contributed by atoms with E-state index in [2.05, 4.69) is 5.32 Å². The highest BCUT2D eigenvalue weighted by atomic mass is 35.5. The van der Waals surface area contributed by atoms with Gasteiger partial charge in [-0.3, -0.25) is 4.79 Å². The SMILES string of the molecule is CC(C(=O)Nc1ccc(Cl)cc1)S(=O)(=O)CCCOc1ccc(F)cc1. The second kappa shape index (κ2) is 9.00. The van der Waals surface area contributed by atoms with Crippen LogP contribution in [0.1, 0.15) is 13.3 Å². The van der Waals surface area contributed by atoms with Crippen LogP contribution in [-0.4, -0.2) is 31.9 Å². The van der Waals surface area contributed by atoms with Crippen LogP contribution in [-0.2, 0) is 14.6 Å². The molecule has 0 bridgehead atoms. The van der Waals surface area contributed by atoms with Crippen LogP contribution in [0.25, 0.3) is 0 Å². The first-order valence-corrected chi connectivity index (χ1v) is 10.0. The van der Waals surface area contributed by atoms with Crippen molar-refractivity contribution in [3.05, 3.63) is 59.4 Å². The topological polar surface area (TPSA) is 72.5 Å². The highest BCUT2D eigenvalue weighted by molar-refractivity contribution is 7.92. The molecule has 0 aliphatic rings. The largest absolute Gasteiger partial charge is 0.494 e. The van der Waals surface area contributed by atoms with Crippen molar-refractivity contribution < 1.29 is 22.3 Å². The number of nitrogens with one attached hydrogen (secondary N) is 1. The number of rotatable bonds is 8. The molecule has 2 rings (SSSR count). The Bertz CT molecular complexity index is 838. The quantitative estimate of drug-likeness (QED) is 0.687. The average Bonchev–Trinajstić information content (AvgIpc) is 2.61. The van der Waals surface area contributed by atoms with Gasteiger partial charge in [-0.1, -0.05) is 11.6 Å². The standard InChI is InChI=1S/C18H19ClFNO4S/c1-13(18(22)21-16-7-3-14(19)4-8-16)26(23,24)12-2-11-25-17-9-5-15(20)6-10-17/h3-10,13H,2,11-12H2,1H3,(H,21,22). The van der Waals surface area contributed by atoms with Crippen LogP contribution in [0.5, 0.6) is 5.75 Å². The maximum atomic E-state index is 12.8. The van der Waals surface area contributed by atoms with Gasteiger partial charge in [0.25, 0.3) is 0 Å². The zero-order valence-electron chi connectivity index (χ0n) is 14.1. The van der Waals surface area contributed by atoms with Gasteiger partial charge in [-0.25, -0.2) is 12.8 Å². The van der Waals surface area contributed by atoms with Crippen LogP contribution in [0, 0.1) is 5.82 Å². The fourth-order valence-corrected chi connectivity index (χ4v) is 3.48. The maximum absolute atomic E-state index is 12.8. The van der Waals surface area contributed by atoms with Gasteiger partial charge in [0.2, 0.25) is 5.91 Å². The number of halogens is 2. The molecule has 0 fully saturated rings. The summed E-state index contributed by atoms with van der Waals surface area (Å²) < 4.78 is 42.7. The number of hydrogen-bond donors (Lipinski definition) is 1. The summed E-state index contributed by atoms with van der Waals surface area (Å²) in [6.07, 6.45) is 0.221. The van der Waals surface area contributed by atoms with E-state index in [9.17, 15) is 17.6 Å². The molecule has 1 unspecified atom stereocenters. The van der Waals surface area contributed by atoms with Crippen LogP contribution >= 0.6 is 11.6 Å². The van der Waals surface area contributed by atoms with E-state index in [4.69, 9.17) is 16.3 Å². The molecule has 0 radical (unpaired) electrons. The molecule has 5 nitrogen and oxygen atoms in total. The summed E-state index contributed by atoms with van der Waals surface area (Å²) in [6.45, 7) is 1.50. The van der Waals surface area contributed by atoms with Crippen LogP contribution < -0.4 is 10.1 Å². The molecule has 8 heteroatoms. The molecule has 26 heavy (non-hydrogen) atoms. The predicted octanol–water partition coefficient (Wildman–Crippen LogP) is 3.69. The van der Waals surface area contributed by atoms with E-state index in [0.29, 0.717) is 16.5 Å². The fourth-order valence-electron chi connectivity index (χ4n) is 2.10. The Hall–Kier alpha value is -2.12. The van der Waals surface area contributed by atoms with E-state index in [1.54, 1.807) is 24.3 Å². The summed E-state index contributed by atoms with van der Waals surface area (Å²) >= 11 is 5.77. The molecule has 0 aliphatic heterocycles. The van der Waals surface area contributed by atoms with Crippen molar-refractivity contribution in [1.82, 2.24) is 0 Å². The smallest absolute Gasteiger partial charge is 0.242 e. The van der Waals surface area contributed by atoms with Gasteiger partial charge in [-0.05, 0) is 61.9 Å². The Morgan fingerprint density at radius 2 is 1.77 bits per heavy atom. The molecule has 0 aliphatic carbocycles. The summed E-state index contributed by atoms with van der Waals surface area (Å²) in [5, 5.41) is 1.88. The van der Waals surface area contributed by atoms with Crippen LogP contribution in [0.3, 0.4) is 0 Å². The molecular weight excluding hydrogens is 381 g/mol. The van der Waals surface area contributed by atoms with E-state index >= 15 is 0 Å². The first-order chi connectivity index (χ1) is 12.3. The molecule has 0 saturated carbocycles. The zero-order valence-corrected chi connectivity index (χ0v) is 15.7. The van der Waals surface area contributed by atoms with Gasteiger partial charge in [0.05, 0.1) is 12.4 Å². The van der Waals surface area contributed by atoms with Crippen molar-refractivity contribution in [2.24, 2.45) is 0 Å². The van der Waals surface area contributed by atoms with Crippen molar-refractivity contribution in [1.29, 1.82) is 0 Å². The van der Waals surface area contributed by atoms with Crippen molar-refractivity contribution in [3.8, 4) is 5.75 Å². The Labute approximate surface area is 157 Å². The summed E-state index contributed by atoms with van der Waals surface area (Å²) in [7, 11) is -3.63. The van der Waals surface area contributed by atoms with E-state index in [1.165, 1.54) is 31.2 Å². The highest BCUT2D eigenvalue weighted by Gasteiger charge is 2.27. The number of hydrogen-bond acceptors (Lipinski definition) is 4. The lowest BCUT2D eigenvalue weighted by atomic mass is 10.3. The zero-order chi connectivity index (χ0) is 19.2. The summed E-state index contributed by atoms with van der Waals surface area (Å²) in [4.78, 5) is 12.1. The lowest BCUT2D eigenvalue weighted by molar-refractivity contribution is -0.115. The summed E-state index contributed by atoms with van der Waals surface area (Å²) in [5.41, 5.74) is 0.473. The minimum Gasteiger partial charge on any atom is -0.494 e. The summed E-state index contributed by atoms with van der Waals surface area (Å²) in [6, 6.07) is 11.8. The molecule has 1 atom stereocenters. The van der Waals surface area contributed by atoms with Gasteiger partial charge >= 0.3 is 0 Å². The van der Waals surface area contributed by atoms with Crippen LogP contribution in [0.15, 0.2) is 48.5 Å². The van der Waals surface area contributed by atoms with Gasteiger partial charge in [-0.2, -0.15) is 0 Å². The predicted molar refractivity (Wildman–Crippen MR) is 99.8 cm³/mol. The van der Waals surface area contributed by atoms with E-state index in [0.717, 1.165) is 0 Å². The number of amides is 1. The Morgan fingerprint density at radius 1 is 1.15 bits per heavy atom. The van der Waals surface area contributed by atoms with Crippen molar-refractivity contribution in [3.63, 3.8) is 0 Å². The van der Waals surface area contributed by atoms with Crippen molar-refractivity contribution in [2.75, 3.05) is 17.7 Å². The minimum absolute atomic E-state index is 0.149. The first kappa shape index (κ1) is 20.2. The maximum Gasteiger partial charge on any atom is 0.242 e. The van der Waals surface area contributed by atoms with Crippen molar-refractivity contribution in [2.45, 2.75) is 18.6 Å². The lowest BCUT2D eigenvalue weighted by Gasteiger charge is -2.13. The van der Waals surface area contributed by atoms with Gasteiger partial charge in [0, 0.05) is 10.7 Å². The number of ether oxygens (including phenoxy) is 1. The number of carbonyl (C=O) groups is 1. The minimum atomic E-state index is -3.63. The third kappa shape index (κ3) is 6.00.